The molecule has 0 unspecified atom stereocenters. The van der Waals surface area contributed by atoms with E-state index in [1.54, 1.807) is 11.8 Å². The van der Waals surface area contributed by atoms with Gasteiger partial charge in [0.25, 0.3) is 0 Å². The first kappa shape index (κ1) is 19.1. The van der Waals surface area contributed by atoms with E-state index in [0.717, 1.165) is 0 Å². The van der Waals surface area contributed by atoms with Gasteiger partial charge < -0.3 is 10.2 Å². The Labute approximate surface area is 158 Å². The Kier molecular flexibility index (Phi) is 5.55. The summed E-state index contributed by atoms with van der Waals surface area (Å²) in [6, 6.07) is 5.49. The van der Waals surface area contributed by atoms with Gasteiger partial charge >= 0.3 is 0 Å². The number of piperidine rings is 1. The summed E-state index contributed by atoms with van der Waals surface area (Å²) in [5, 5.41) is 3.19. The second kappa shape index (κ2) is 7.54. The zero-order valence-corrected chi connectivity index (χ0v) is 16.1. The van der Waals surface area contributed by atoms with Crippen molar-refractivity contribution in [1.82, 2.24) is 14.5 Å². The van der Waals surface area contributed by atoms with Gasteiger partial charge in [0, 0.05) is 31.2 Å². The van der Waals surface area contributed by atoms with Gasteiger partial charge in [-0.25, -0.2) is 8.42 Å². The maximum atomic E-state index is 12.9. The highest BCUT2D eigenvalue weighted by Crippen LogP contribution is 2.26. The molecular formula is C17H22ClN3O4S. The number of nitrogens with zero attached hydrogens (tertiary/aromatic N) is 2. The molecule has 0 aliphatic carbocycles. The van der Waals surface area contributed by atoms with Crippen molar-refractivity contribution in [3.05, 3.63) is 29.3 Å². The Bertz CT molecular complexity index is 797. The molecular weight excluding hydrogens is 378 g/mol. The van der Waals surface area contributed by atoms with E-state index in [2.05, 4.69) is 5.32 Å². The van der Waals surface area contributed by atoms with E-state index in [9.17, 15) is 18.0 Å². The summed E-state index contributed by atoms with van der Waals surface area (Å²) in [5.74, 6) is -0.756. The maximum absolute atomic E-state index is 12.9. The lowest BCUT2D eigenvalue weighted by atomic mass is 9.97. The van der Waals surface area contributed by atoms with E-state index >= 15 is 0 Å². The molecule has 7 nitrogen and oxygen atoms in total. The molecule has 0 spiro atoms. The van der Waals surface area contributed by atoms with Crippen LogP contribution in [0.2, 0.25) is 5.02 Å². The fraction of sp³-hybridized carbons (Fsp3) is 0.529. The molecule has 1 N–H and O–H groups in total. The summed E-state index contributed by atoms with van der Waals surface area (Å²) < 4.78 is 27.1. The number of benzene rings is 1. The van der Waals surface area contributed by atoms with Gasteiger partial charge in [-0.3, -0.25) is 9.59 Å². The van der Waals surface area contributed by atoms with Crippen molar-refractivity contribution >= 4 is 33.4 Å². The van der Waals surface area contributed by atoms with Gasteiger partial charge in [0.1, 0.15) is 6.04 Å². The fourth-order valence-electron chi connectivity index (χ4n) is 3.44. The van der Waals surface area contributed by atoms with Crippen LogP contribution < -0.4 is 5.32 Å². The van der Waals surface area contributed by atoms with Crippen molar-refractivity contribution in [3.8, 4) is 0 Å². The van der Waals surface area contributed by atoms with Crippen molar-refractivity contribution in [3.63, 3.8) is 0 Å². The van der Waals surface area contributed by atoms with Crippen LogP contribution in [0, 0.1) is 5.92 Å². The number of rotatable bonds is 3. The van der Waals surface area contributed by atoms with E-state index in [-0.39, 0.29) is 23.3 Å². The second-order valence-corrected chi connectivity index (χ2v) is 9.03. The topological polar surface area (TPSA) is 86.8 Å². The summed E-state index contributed by atoms with van der Waals surface area (Å²) in [6.45, 7) is 3.08. The number of sulfonamides is 1. The Morgan fingerprint density at radius 2 is 1.92 bits per heavy atom. The lowest BCUT2D eigenvalue weighted by Crippen LogP contribution is -2.58. The van der Waals surface area contributed by atoms with E-state index in [4.69, 9.17) is 11.6 Å². The highest BCUT2D eigenvalue weighted by atomic mass is 35.5. The van der Waals surface area contributed by atoms with Gasteiger partial charge in [-0.1, -0.05) is 11.6 Å². The molecule has 26 heavy (non-hydrogen) atoms. The van der Waals surface area contributed by atoms with Gasteiger partial charge in [-0.2, -0.15) is 4.31 Å². The Morgan fingerprint density at radius 3 is 2.62 bits per heavy atom. The van der Waals surface area contributed by atoms with E-state index in [1.165, 1.54) is 28.6 Å². The van der Waals surface area contributed by atoms with Gasteiger partial charge in [-0.05, 0) is 44.0 Å². The molecule has 2 amide bonds. The molecule has 2 aliphatic heterocycles. The predicted molar refractivity (Wildman–Crippen MR) is 97.1 cm³/mol. The number of halogens is 1. The van der Waals surface area contributed by atoms with Crippen LogP contribution >= 0.6 is 11.6 Å². The lowest BCUT2D eigenvalue weighted by Gasteiger charge is -2.38. The van der Waals surface area contributed by atoms with Gasteiger partial charge in [0.15, 0.2) is 0 Å². The van der Waals surface area contributed by atoms with Crippen LogP contribution in [-0.4, -0.2) is 61.7 Å². The Morgan fingerprint density at radius 1 is 1.23 bits per heavy atom. The third-order valence-corrected chi connectivity index (χ3v) is 7.10. The highest BCUT2D eigenvalue weighted by molar-refractivity contribution is 7.89. The average Bonchev–Trinajstić information content (AvgIpc) is 2.64. The molecule has 142 valence electrons. The van der Waals surface area contributed by atoms with Crippen LogP contribution in [0.5, 0.6) is 0 Å². The van der Waals surface area contributed by atoms with Crippen LogP contribution in [0.15, 0.2) is 29.2 Å². The zero-order chi connectivity index (χ0) is 18.9. The maximum Gasteiger partial charge on any atom is 0.243 e. The summed E-state index contributed by atoms with van der Waals surface area (Å²) in [4.78, 5) is 26.4. The number of amides is 2. The second-order valence-electron chi connectivity index (χ2n) is 6.65. The van der Waals surface area contributed by atoms with E-state index < -0.39 is 22.0 Å². The largest absolute Gasteiger partial charge is 0.353 e. The van der Waals surface area contributed by atoms with Gasteiger partial charge in [-0.15, -0.1) is 0 Å². The minimum atomic E-state index is -3.68. The predicted octanol–water partition coefficient (Wildman–Crippen LogP) is 1.09. The van der Waals surface area contributed by atoms with Crippen LogP contribution in [0.3, 0.4) is 0 Å². The van der Waals surface area contributed by atoms with Crippen LogP contribution in [0.4, 0.5) is 0 Å². The first-order chi connectivity index (χ1) is 12.3. The molecule has 0 radical (unpaired) electrons. The minimum Gasteiger partial charge on any atom is -0.353 e. The lowest BCUT2D eigenvalue weighted by molar-refractivity contribution is -0.146. The molecule has 2 saturated heterocycles. The molecule has 2 fully saturated rings. The van der Waals surface area contributed by atoms with Crippen molar-refractivity contribution in [2.45, 2.75) is 30.7 Å². The number of carbonyl (C=O) groups is 2. The number of piperazine rings is 1. The van der Waals surface area contributed by atoms with Crippen LogP contribution in [0.1, 0.15) is 19.8 Å². The zero-order valence-electron chi connectivity index (χ0n) is 14.5. The third kappa shape index (κ3) is 3.72. The molecule has 0 aromatic heterocycles. The third-order valence-electron chi connectivity index (χ3n) is 4.97. The first-order valence-corrected chi connectivity index (χ1v) is 10.5. The molecule has 0 saturated carbocycles. The quantitative estimate of drug-likeness (QED) is 0.824. The van der Waals surface area contributed by atoms with Crippen molar-refractivity contribution in [2.24, 2.45) is 5.92 Å². The summed E-state index contributed by atoms with van der Waals surface area (Å²) in [7, 11) is -3.68. The average molecular weight is 400 g/mol. The number of nitrogens with one attached hydrogen (secondary N) is 1. The molecule has 2 aliphatic rings. The highest BCUT2D eigenvalue weighted by Gasteiger charge is 2.38. The van der Waals surface area contributed by atoms with E-state index in [0.29, 0.717) is 37.5 Å². The molecule has 1 aromatic carbocycles. The molecule has 2 atom stereocenters. The number of carbonyl (C=O) groups excluding carboxylic acids is 2. The normalized spacial score (nSPS) is 25.0. The smallest absolute Gasteiger partial charge is 0.243 e. The van der Waals surface area contributed by atoms with Crippen LogP contribution in [0.25, 0.3) is 0 Å². The van der Waals surface area contributed by atoms with E-state index in [1.807, 2.05) is 0 Å². The fourth-order valence-corrected chi connectivity index (χ4v) is 5.09. The summed E-state index contributed by atoms with van der Waals surface area (Å²) in [5.41, 5.74) is 0. The SMILES string of the molecule is C[C@H]1C(=O)NCCN1C(=O)[C@@H]1CCCN(S(=O)(=O)c2ccc(Cl)cc2)C1. The monoisotopic (exact) mass is 399 g/mol. The number of hydrogen-bond acceptors (Lipinski definition) is 4. The Hall–Kier alpha value is -1.64. The molecule has 3 rings (SSSR count). The van der Waals surface area contributed by atoms with Crippen molar-refractivity contribution in [1.29, 1.82) is 0 Å². The number of hydrogen-bond donors (Lipinski definition) is 1. The molecule has 2 heterocycles. The summed E-state index contributed by atoms with van der Waals surface area (Å²) >= 11 is 5.83. The first-order valence-electron chi connectivity index (χ1n) is 8.64. The minimum absolute atomic E-state index is 0.134. The van der Waals surface area contributed by atoms with Gasteiger partial charge in [0.05, 0.1) is 10.8 Å². The standard InChI is InChI=1S/C17H22ClN3O4S/c1-12-16(22)19-8-10-21(12)17(23)13-3-2-9-20(11-13)26(24,25)15-6-4-14(18)5-7-15/h4-7,12-13H,2-3,8-11H2,1H3,(H,19,22)/t12-,13+/m0/s1. The van der Waals surface area contributed by atoms with Crippen molar-refractivity contribution < 1.29 is 18.0 Å². The van der Waals surface area contributed by atoms with Gasteiger partial charge in [0.2, 0.25) is 21.8 Å². The molecule has 1 aromatic rings. The molecule has 0 bridgehead atoms. The Balaban J connectivity index is 1.75. The molecule has 9 heteroatoms. The summed E-state index contributed by atoms with van der Waals surface area (Å²) in [6.07, 6.45) is 1.23. The van der Waals surface area contributed by atoms with Crippen LogP contribution in [-0.2, 0) is 19.6 Å². The van der Waals surface area contributed by atoms with Crippen molar-refractivity contribution in [2.75, 3.05) is 26.2 Å².